The fourth-order valence-corrected chi connectivity index (χ4v) is 5.51. The molecule has 4 rings (SSSR count). The molecule has 3 aromatic rings. The van der Waals surface area contributed by atoms with Crippen LogP contribution in [0.4, 0.5) is 29.0 Å². The number of rotatable bonds is 11. The Balaban J connectivity index is 1.44. The van der Waals surface area contributed by atoms with Gasteiger partial charge in [-0.05, 0) is 38.1 Å². The van der Waals surface area contributed by atoms with E-state index >= 15 is 0 Å². The van der Waals surface area contributed by atoms with Gasteiger partial charge in [-0.25, -0.2) is 18.4 Å². The summed E-state index contributed by atoms with van der Waals surface area (Å²) in [5, 5.41) is 5.54. The molecule has 218 valence electrons. The summed E-state index contributed by atoms with van der Waals surface area (Å²) in [6.45, 7) is 5.62. The second-order valence-corrected chi connectivity index (χ2v) is 12.2. The third-order valence-corrected chi connectivity index (χ3v) is 8.86. The summed E-state index contributed by atoms with van der Waals surface area (Å²) in [4.78, 5) is 40.1. The molecule has 1 aromatic heterocycles. The van der Waals surface area contributed by atoms with E-state index in [-0.39, 0.29) is 35.5 Å². The number of benzene rings is 2. The minimum Gasteiger partial charge on any atom is -0.494 e. The van der Waals surface area contributed by atoms with Gasteiger partial charge >= 0.3 is 0 Å². The predicted molar refractivity (Wildman–Crippen MR) is 155 cm³/mol. The zero-order valence-corrected chi connectivity index (χ0v) is 24.0. The fourth-order valence-electron chi connectivity index (χ4n) is 4.31. The molecule has 41 heavy (non-hydrogen) atoms. The molecule has 0 unspecified atom stereocenters. The number of amides is 2. The number of methoxy groups -OCH3 is 1. The van der Waals surface area contributed by atoms with Gasteiger partial charge < -0.3 is 30.9 Å². The smallest absolute Gasteiger partial charge is 0.232 e. The molecular weight excluding hydrogens is 548 g/mol. The monoisotopic (exact) mass is 582 g/mol. The number of nitrogens with zero attached hydrogens (tertiary/aromatic N) is 5. The van der Waals surface area contributed by atoms with Gasteiger partial charge in [0.15, 0.2) is 9.84 Å². The van der Waals surface area contributed by atoms with Gasteiger partial charge in [-0.2, -0.15) is 4.98 Å². The number of anilines is 5. The van der Waals surface area contributed by atoms with Crippen molar-refractivity contribution in [2.24, 2.45) is 5.73 Å². The average molecular weight is 583 g/mol. The van der Waals surface area contributed by atoms with Crippen LogP contribution in [0.15, 0.2) is 53.7 Å². The van der Waals surface area contributed by atoms with Crippen molar-refractivity contribution in [3.05, 3.63) is 48.8 Å². The van der Waals surface area contributed by atoms with Crippen LogP contribution in [0.3, 0.4) is 0 Å². The number of hydrogen-bond donors (Lipinski definition) is 3. The van der Waals surface area contributed by atoms with Crippen molar-refractivity contribution in [1.82, 2.24) is 19.9 Å². The highest BCUT2D eigenvalue weighted by molar-refractivity contribution is 7.92. The number of aromatic nitrogens is 3. The summed E-state index contributed by atoms with van der Waals surface area (Å²) in [6, 6.07) is 12.3. The van der Waals surface area contributed by atoms with Crippen LogP contribution in [0.2, 0.25) is 0 Å². The lowest BCUT2D eigenvalue weighted by molar-refractivity contribution is -0.133. The Bertz CT molecular complexity index is 1510. The molecule has 2 amide bonds. The second-order valence-electron chi connectivity index (χ2n) is 9.69. The van der Waals surface area contributed by atoms with E-state index in [9.17, 15) is 18.0 Å². The number of nitrogens with two attached hydrogens (primary N) is 1. The van der Waals surface area contributed by atoms with Crippen molar-refractivity contribution < 1.29 is 22.7 Å². The number of nitrogens with one attached hydrogen (secondary N) is 2. The molecule has 0 radical (unpaired) electrons. The van der Waals surface area contributed by atoms with Crippen molar-refractivity contribution in [3.63, 3.8) is 0 Å². The van der Waals surface area contributed by atoms with Crippen LogP contribution in [-0.4, -0.2) is 78.6 Å². The highest BCUT2D eigenvalue weighted by atomic mass is 32.2. The lowest BCUT2D eigenvalue weighted by Gasteiger charge is -2.36. The quantitative estimate of drug-likeness (QED) is 0.303. The number of sulfone groups is 1. The molecule has 0 saturated carbocycles. The largest absolute Gasteiger partial charge is 0.494 e. The molecule has 1 aliphatic rings. The molecule has 0 aliphatic carbocycles. The number of piperazine rings is 1. The van der Waals surface area contributed by atoms with Crippen LogP contribution >= 0.6 is 0 Å². The minimum absolute atomic E-state index is 0.0524. The van der Waals surface area contributed by atoms with Crippen LogP contribution in [0, 0.1) is 0 Å². The van der Waals surface area contributed by atoms with Gasteiger partial charge in [0.2, 0.25) is 23.7 Å². The Labute approximate surface area is 239 Å². The van der Waals surface area contributed by atoms with Crippen LogP contribution in [0.5, 0.6) is 5.75 Å². The molecule has 13 nitrogen and oxygen atoms in total. The summed E-state index contributed by atoms with van der Waals surface area (Å²) >= 11 is 0. The number of carbonyl (C=O) groups excluding carboxylic acids is 2. The first-order valence-corrected chi connectivity index (χ1v) is 14.7. The maximum Gasteiger partial charge on any atom is 0.232 e. The molecule has 0 spiro atoms. The zero-order chi connectivity index (χ0) is 29.6. The van der Waals surface area contributed by atoms with Gasteiger partial charge in [0.05, 0.1) is 28.6 Å². The van der Waals surface area contributed by atoms with Gasteiger partial charge in [0.1, 0.15) is 12.1 Å². The maximum atomic E-state index is 12.8. The van der Waals surface area contributed by atoms with Crippen molar-refractivity contribution >= 4 is 50.6 Å². The Hall–Kier alpha value is -4.46. The SMILES string of the molecule is COc1cc(N2CCN(C(=O)CCC(N)=O)CC2)ccc1Nc1ncnc(Nc2ccccc2S(=O)(=O)C(C)C)n1. The Morgan fingerprint density at radius 2 is 1.63 bits per heavy atom. The lowest BCUT2D eigenvalue weighted by atomic mass is 10.2. The first kappa shape index (κ1) is 29.5. The topological polar surface area (TPSA) is 173 Å². The van der Waals surface area contributed by atoms with Crippen LogP contribution < -0.4 is 26.0 Å². The van der Waals surface area contributed by atoms with E-state index in [0.29, 0.717) is 43.3 Å². The molecule has 1 saturated heterocycles. The summed E-state index contributed by atoms with van der Waals surface area (Å²) in [6.07, 6.45) is 1.50. The van der Waals surface area contributed by atoms with Crippen LogP contribution in [-0.2, 0) is 19.4 Å². The Morgan fingerprint density at radius 1 is 0.976 bits per heavy atom. The van der Waals surface area contributed by atoms with Gasteiger partial charge in [0.25, 0.3) is 0 Å². The number of ether oxygens (including phenoxy) is 1. The van der Waals surface area contributed by atoms with Gasteiger partial charge in [-0.1, -0.05) is 12.1 Å². The summed E-state index contributed by atoms with van der Waals surface area (Å²) in [5.41, 5.74) is 7.07. The lowest BCUT2D eigenvalue weighted by Crippen LogP contribution is -2.48. The molecule has 2 aromatic carbocycles. The molecule has 14 heteroatoms. The first-order valence-electron chi connectivity index (χ1n) is 13.1. The van der Waals surface area contributed by atoms with Crippen molar-refractivity contribution in [2.45, 2.75) is 36.8 Å². The van der Waals surface area contributed by atoms with E-state index in [4.69, 9.17) is 10.5 Å². The molecule has 1 aliphatic heterocycles. The average Bonchev–Trinajstić information content (AvgIpc) is 2.96. The third-order valence-electron chi connectivity index (χ3n) is 6.65. The van der Waals surface area contributed by atoms with E-state index < -0.39 is 21.0 Å². The fraction of sp³-hybridized carbons (Fsp3) is 0.370. The normalized spacial score (nSPS) is 13.7. The maximum absolute atomic E-state index is 12.8. The van der Waals surface area contributed by atoms with E-state index in [0.717, 1.165) is 5.69 Å². The molecular formula is C27H34N8O5S. The van der Waals surface area contributed by atoms with E-state index in [1.165, 1.54) is 6.33 Å². The van der Waals surface area contributed by atoms with Gasteiger partial charge in [-0.3, -0.25) is 9.59 Å². The Morgan fingerprint density at radius 3 is 2.27 bits per heavy atom. The van der Waals surface area contributed by atoms with E-state index in [2.05, 4.69) is 30.5 Å². The number of carbonyl (C=O) groups is 2. The highest BCUT2D eigenvalue weighted by Crippen LogP contribution is 2.32. The van der Waals surface area contributed by atoms with Crippen LogP contribution in [0.1, 0.15) is 26.7 Å². The third kappa shape index (κ3) is 7.20. The summed E-state index contributed by atoms with van der Waals surface area (Å²) in [5.74, 6) is 0.418. The molecule has 1 fully saturated rings. The van der Waals surface area contributed by atoms with Crippen molar-refractivity contribution in [2.75, 3.05) is 48.8 Å². The Kier molecular flexibility index (Phi) is 9.22. The first-order chi connectivity index (χ1) is 19.6. The zero-order valence-electron chi connectivity index (χ0n) is 23.2. The molecule has 2 heterocycles. The molecule has 0 bridgehead atoms. The number of primary amides is 1. The predicted octanol–water partition coefficient (Wildman–Crippen LogP) is 2.46. The molecule has 0 atom stereocenters. The van der Waals surface area contributed by atoms with Gasteiger partial charge in [0, 0.05) is 50.8 Å². The van der Waals surface area contributed by atoms with Crippen molar-refractivity contribution in [1.29, 1.82) is 0 Å². The number of hydrogen-bond acceptors (Lipinski definition) is 11. The van der Waals surface area contributed by atoms with Crippen molar-refractivity contribution in [3.8, 4) is 5.75 Å². The standard InChI is InChI=1S/C27H34N8O5S/c1-18(2)41(38,39)23-7-5-4-6-21(23)32-27-30-17-29-26(33-27)31-20-9-8-19(16-22(20)40-3)34-12-14-35(15-13-34)25(37)11-10-24(28)36/h4-9,16-18H,10-15H2,1-3H3,(H2,28,36)(H2,29,30,31,32,33). The molecule has 4 N–H and O–H groups in total. The minimum atomic E-state index is -3.53. The number of para-hydroxylation sites is 1. The van der Waals surface area contributed by atoms with Gasteiger partial charge in [-0.15, -0.1) is 0 Å². The second kappa shape index (κ2) is 12.8. The summed E-state index contributed by atoms with van der Waals surface area (Å²) < 4.78 is 31.2. The summed E-state index contributed by atoms with van der Waals surface area (Å²) in [7, 11) is -1.97. The van der Waals surface area contributed by atoms with E-state index in [1.807, 2.05) is 18.2 Å². The van der Waals surface area contributed by atoms with E-state index in [1.54, 1.807) is 50.1 Å². The highest BCUT2D eigenvalue weighted by Gasteiger charge is 2.24. The van der Waals surface area contributed by atoms with Crippen LogP contribution in [0.25, 0.3) is 0 Å².